The van der Waals surface area contributed by atoms with Gasteiger partial charge in [0.25, 0.3) is 0 Å². The van der Waals surface area contributed by atoms with E-state index in [1.807, 2.05) is 24.5 Å². The second-order valence-corrected chi connectivity index (χ2v) is 6.05. The first kappa shape index (κ1) is 12.3. The first-order chi connectivity index (χ1) is 10.3. The van der Waals surface area contributed by atoms with Crippen LogP contribution in [0.1, 0.15) is 5.56 Å². The van der Waals surface area contributed by atoms with E-state index in [-0.39, 0.29) is 0 Å². The molecule has 0 saturated carbocycles. The van der Waals surface area contributed by atoms with Crippen LogP contribution in [-0.4, -0.2) is 9.97 Å². The lowest BCUT2D eigenvalue weighted by Gasteiger charge is -2.06. The normalized spacial score (nSPS) is 11.1. The van der Waals surface area contributed by atoms with Crippen molar-refractivity contribution in [3.63, 3.8) is 0 Å². The molecule has 0 atom stereocenters. The van der Waals surface area contributed by atoms with E-state index in [1.165, 1.54) is 10.3 Å². The van der Waals surface area contributed by atoms with E-state index < -0.39 is 0 Å². The predicted octanol–water partition coefficient (Wildman–Crippen LogP) is 4.90. The maximum atomic E-state index is 4.65. The number of benzene rings is 2. The van der Waals surface area contributed by atoms with Crippen molar-refractivity contribution in [2.24, 2.45) is 0 Å². The van der Waals surface area contributed by atoms with Gasteiger partial charge in [0.05, 0.1) is 10.2 Å². The molecule has 0 aliphatic rings. The zero-order chi connectivity index (χ0) is 14.2. The zero-order valence-electron chi connectivity index (χ0n) is 11.5. The van der Waals surface area contributed by atoms with E-state index in [2.05, 4.69) is 52.5 Å². The molecule has 0 saturated heterocycles. The molecule has 3 nitrogen and oxygen atoms in total. The van der Waals surface area contributed by atoms with Crippen molar-refractivity contribution in [1.29, 1.82) is 0 Å². The molecule has 4 aromatic rings. The van der Waals surface area contributed by atoms with Crippen molar-refractivity contribution in [2.75, 3.05) is 5.32 Å². The van der Waals surface area contributed by atoms with Crippen LogP contribution in [0.4, 0.5) is 10.8 Å². The zero-order valence-corrected chi connectivity index (χ0v) is 12.3. The Morgan fingerprint density at radius 2 is 2.05 bits per heavy atom. The minimum absolute atomic E-state index is 0.917. The van der Waals surface area contributed by atoms with Crippen molar-refractivity contribution in [1.82, 2.24) is 9.97 Å². The number of thiazole rings is 1. The quantitative estimate of drug-likeness (QED) is 0.571. The second-order valence-electron chi connectivity index (χ2n) is 5.02. The summed E-state index contributed by atoms with van der Waals surface area (Å²) in [6.07, 6.45) is 3.69. The molecule has 4 rings (SSSR count). The van der Waals surface area contributed by atoms with Gasteiger partial charge in [0, 0.05) is 28.9 Å². The summed E-state index contributed by atoms with van der Waals surface area (Å²) in [5.41, 5.74) is 3.36. The lowest BCUT2D eigenvalue weighted by atomic mass is 10.1. The Morgan fingerprint density at radius 3 is 3.00 bits per heavy atom. The Morgan fingerprint density at radius 1 is 1.10 bits per heavy atom. The van der Waals surface area contributed by atoms with E-state index in [1.54, 1.807) is 11.3 Å². The maximum Gasteiger partial charge on any atom is 0.188 e. The highest BCUT2D eigenvalue weighted by Crippen LogP contribution is 2.31. The number of aryl methyl sites for hydroxylation is 1. The van der Waals surface area contributed by atoms with Crippen molar-refractivity contribution in [3.8, 4) is 0 Å². The molecule has 4 heteroatoms. The second kappa shape index (κ2) is 4.82. The number of fused-ring (bicyclic) bond motifs is 2. The van der Waals surface area contributed by atoms with E-state index in [4.69, 9.17) is 0 Å². The third-order valence-electron chi connectivity index (χ3n) is 3.47. The van der Waals surface area contributed by atoms with E-state index >= 15 is 0 Å². The molecule has 1 N–H and O–H groups in total. The first-order valence-electron chi connectivity index (χ1n) is 6.76. The van der Waals surface area contributed by atoms with Gasteiger partial charge in [0.15, 0.2) is 5.13 Å². The number of hydrogen-bond donors (Lipinski definition) is 1. The van der Waals surface area contributed by atoms with E-state index in [9.17, 15) is 0 Å². The Balaban J connectivity index is 1.79. The summed E-state index contributed by atoms with van der Waals surface area (Å²) in [5, 5.41) is 6.63. The lowest BCUT2D eigenvalue weighted by Crippen LogP contribution is -1.90. The van der Waals surface area contributed by atoms with Gasteiger partial charge in [-0.15, -0.1) is 0 Å². The van der Waals surface area contributed by atoms with E-state index in [0.717, 1.165) is 27.1 Å². The van der Waals surface area contributed by atoms with E-state index in [0.29, 0.717) is 0 Å². The number of nitrogens with zero attached hydrogens (tertiary/aromatic N) is 2. The summed E-state index contributed by atoms with van der Waals surface area (Å²) in [6.45, 7) is 2.10. The lowest BCUT2D eigenvalue weighted by molar-refractivity contribution is 1.36. The van der Waals surface area contributed by atoms with Gasteiger partial charge in [-0.2, -0.15) is 0 Å². The van der Waals surface area contributed by atoms with Gasteiger partial charge in [-0.3, -0.25) is 4.98 Å². The van der Waals surface area contributed by atoms with Crippen LogP contribution in [0.5, 0.6) is 0 Å². The standard InChI is InChI=1S/C17H13N3S/c1-11-5-6-15-16(9-11)21-17(20-15)19-14-4-2-3-12-10-18-8-7-13(12)14/h2-10H,1H3,(H,19,20). The molecular formula is C17H13N3S. The Labute approximate surface area is 126 Å². The average Bonchev–Trinajstić information content (AvgIpc) is 2.89. The molecule has 0 aliphatic heterocycles. The molecule has 0 fully saturated rings. The highest BCUT2D eigenvalue weighted by atomic mass is 32.1. The SMILES string of the molecule is Cc1ccc2nc(Nc3cccc4cnccc34)sc2c1. The Bertz CT molecular complexity index is 938. The van der Waals surface area contributed by atoms with Crippen molar-refractivity contribution >= 4 is 43.1 Å². The summed E-state index contributed by atoms with van der Waals surface area (Å²) >= 11 is 1.68. The highest BCUT2D eigenvalue weighted by molar-refractivity contribution is 7.22. The topological polar surface area (TPSA) is 37.8 Å². The maximum absolute atomic E-state index is 4.65. The summed E-state index contributed by atoms with van der Waals surface area (Å²) < 4.78 is 1.21. The minimum atomic E-state index is 0.917. The Hall–Kier alpha value is -2.46. The third kappa shape index (κ3) is 2.23. The first-order valence-corrected chi connectivity index (χ1v) is 7.58. The Kier molecular flexibility index (Phi) is 2.82. The largest absolute Gasteiger partial charge is 0.331 e. The smallest absolute Gasteiger partial charge is 0.188 e. The molecule has 102 valence electrons. The minimum Gasteiger partial charge on any atom is -0.331 e. The van der Waals surface area contributed by atoms with Gasteiger partial charge in [-0.05, 0) is 36.8 Å². The van der Waals surface area contributed by atoms with Crippen molar-refractivity contribution in [2.45, 2.75) is 6.92 Å². The molecular weight excluding hydrogens is 278 g/mol. The summed E-state index contributed by atoms with van der Waals surface area (Å²) in [5.74, 6) is 0. The number of rotatable bonds is 2. The van der Waals surface area contributed by atoms with Crippen LogP contribution in [-0.2, 0) is 0 Å². The number of aromatic nitrogens is 2. The molecule has 0 spiro atoms. The molecule has 2 aromatic carbocycles. The average molecular weight is 291 g/mol. The van der Waals surface area contributed by atoms with Crippen LogP contribution in [0.25, 0.3) is 21.0 Å². The molecule has 0 unspecified atom stereocenters. The fraction of sp³-hybridized carbons (Fsp3) is 0.0588. The summed E-state index contributed by atoms with van der Waals surface area (Å²) in [7, 11) is 0. The molecule has 21 heavy (non-hydrogen) atoms. The fourth-order valence-electron chi connectivity index (χ4n) is 2.43. The van der Waals surface area contributed by atoms with Crippen LogP contribution in [0.2, 0.25) is 0 Å². The number of pyridine rings is 1. The van der Waals surface area contributed by atoms with Crippen molar-refractivity contribution in [3.05, 3.63) is 60.4 Å². The van der Waals surface area contributed by atoms with Crippen LogP contribution >= 0.6 is 11.3 Å². The van der Waals surface area contributed by atoms with Crippen LogP contribution in [0, 0.1) is 6.92 Å². The number of nitrogens with one attached hydrogen (secondary N) is 1. The van der Waals surface area contributed by atoms with Gasteiger partial charge in [-0.1, -0.05) is 29.5 Å². The van der Waals surface area contributed by atoms with Crippen molar-refractivity contribution < 1.29 is 0 Å². The van der Waals surface area contributed by atoms with Gasteiger partial charge >= 0.3 is 0 Å². The van der Waals surface area contributed by atoms with Crippen LogP contribution < -0.4 is 5.32 Å². The molecule has 0 radical (unpaired) electrons. The number of hydrogen-bond acceptors (Lipinski definition) is 4. The fourth-order valence-corrected chi connectivity index (χ4v) is 3.41. The van der Waals surface area contributed by atoms with Crippen LogP contribution in [0.3, 0.4) is 0 Å². The summed E-state index contributed by atoms with van der Waals surface area (Å²) in [6, 6.07) is 14.5. The van der Waals surface area contributed by atoms with Gasteiger partial charge in [0.1, 0.15) is 0 Å². The monoisotopic (exact) mass is 291 g/mol. The third-order valence-corrected chi connectivity index (χ3v) is 4.40. The predicted molar refractivity (Wildman–Crippen MR) is 89.4 cm³/mol. The van der Waals surface area contributed by atoms with Gasteiger partial charge in [-0.25, -0.2) is 4.98 Å². The highest BCUT2D eigenvalue weighted by Gasteiger charge is 2.06. The molecule has 0 aliphatic carbocycles. The van der Waals surface area contributed by atoms with Gasteiger partial charge < -0.3 is 5.32 Å². The molecule has 0 amide bonds. The summed E-state index contributed by atoms with van der Waals surface area (Å²) in [4.78, 5) is 8.81. The molecule has 2 heterocycles. The number of anilines is 2. The van der Waals surface area contributed by atoms with Gasteiger partial charge in [0.2, 0.25) is 0 Å². The molecule has 2 aromatic heterocycles. The van der Waals surface area contributed by atoms with Crippen LogP contribution in [0.15, 0.2) is 54.9 Å². The molecule has 0 bridgehead atoms.